The summed E-state index contributed by atoms with van der Waals surface area (Å²) in [5.74, 6) is -0.419. The maximum Gasteiger partial charge on any atom is 2.00 e. The Morgan fingerprint density at radius 2 is 0.862 bits per heavy atom. The van der Waals surface area contributed by atoms with Crippen molar-refractivity contribution in [3.05, 3.63) is 72.3 Å². The van der Waals surface area contributed by atoms with Crippen LogP contribution < -0.4 is 58.8 Å². The summed E-state index contributed by atoms with van der Waals surface area (Å²) >= 11 is 0. The predicted octanol–water partition coefficient (Wildman–Crippen LogP) is -9.39. The van der Waals surface area contributed by atoms with Gasteiger partial charge in [-0.05, 0) is 28.2 Å². The van der Waals surface area contributed by atoms with Gasteiger partial charge in [0.1, 0.15) is 0 Å². The van der Waals surface area contributed by atoms with Crippen molar-refractivity contribution >= 4 is 46.1 Å². The monoisotopic (exact) mass is 646 g/mol. The van der Waals surface area contributed by atoms with E-state index in [4.69, 9.17) is 0 Å². The third-order valence-electron chi connectivity index (χ3n) is 2.35. The maximum absolute atomic E-state index is 11.9. The van der Waals surface area contributed by atoms with Gasteiger partial charge in [-0.25, -0.2) is 8.78 Å². The van der Waals surface area contributed by atoms with E-state index in [2.05, 4.69) is 50.1 Å². The zero-order valence-electron chi connectivity index (χ0n) is 17.3. The number of rotatable bonds is 3. The normalized spacial score (nSPS) is 7.31. The minimum atomic E-state index is -0.209. The summed E-state index contributed by atoms with van der Waals surface area (Å²) < 4.78 is 23.8. The summed E-state index contributed by atoms with van der Waals surface area (Å²) in [7, 11) is 8.35. The van der Waals surface area contributed by atoms with Crippen LogP contribution in [0.3, 0.4) is 0 Å². The van der Waals surface area contributed by atoms with Crippen molar-refractivity contribution in [2.75, 3.05) is 41.3 Å². The molecule has 0 aliphatic heterocycles. The zero-order chi connectivity index (χ0) is 16.8. The summed E-state index contributed by atoms with van der Waals surface area (Å²) in [4.78, 5) is 4.36. The quantitative estimate of drug-likeness (QED) is 0.241. The number of nitrogens with zero attached hydrogens (tertiary/aromatic N) is 2. The molecule has 29 heavy (non-hydrogen) atoms. The molecule has 0 saturated heterocycles. The Bertz CT molecular complexity index is 450. The number of halogens is 6. The predicted molar refractivity (Wildman–Crippen MR) is 99.1 cm³/mol. The van der Waals surface area contributed by atoms with E-state index in [-0.39, 0.29) is 136 Å². The first kappa shape index (κ1) is 52.7. The second-order valence-corrected chi connectivity index (χ2v) is 5.04. The molecule has 0 heterocycles. The van der Waals surface area contributed by atoms with E-state index >= 15 is 0 Å². The van der Waals surface area contributed by atoms with E-state index in [1.54, 1.807) is 0 Å². The van der Waals surface area contributed by atoms with Crippen molar-refractivity contribution in [2.24, 2.45) is 0 Å². The first-order valence-electron chi connectivity index (χ1n) is 6.94. The van der Waals surface area contributed by atoms with Crippen LogP contribution in [-0.4, -0.2) is 97.2 Å². The Labute approximate surface area is 253 Å². The van der Waals surface area contributed by atoms with E-state index in [1.807, 2.05) is 0 Å². The van der Waals surface area contributed by atoms with Gasteiger partial charge in [0.2, 0.25) is 0 Å². The molecule has 0 fully saturated rings. The van der Waals surface area contributed by atoms with Crippen molar-refractivity contribution in [1.29, 1.82) is 0 Å². The van der Waals surface area contributed by atoms with E-state index in [1.165, 1.54) is 48.5 Å². The molecule has 0 aromatic heterocycles. The van der Waals surface area contributed by atoms with Gasteiger partial charge in [0.15, 0.2) is 0 Å². The Morgan fingerprint density at radius 1 is 0.655 bits per heavy atom. The molecule has 2 rings (SSSR count). The average Bonchev–Trinajstić information content (AvgIpc) is 2.48. The number of likely N-dealkylation sites (N-methyl/N-ethyl adjacent to an activating group) is 2. The standard InChI is InChI=1S/2C6H4F.C6H16N2.2BrH.2ClH.2Mg.Zn/c2*7-6-4-2-1-3-5-6;1-7(2)5-6-8(3)4;;;;;;;/h2*2-5H;5-6H2,1-4H3;4*1H;;;/q2*-1;;;;;;3*+2/p-4. The average molecular weight is 651 g/mol. The molecule has 0 amide bonds. The topological polar surface area (TPSA) is 6.48 Å². The van der Waals surface area contributed by atoms with Gasteiger partial charge in [0.25, 0.3) is 0 Å². The van der Waals surface area contributed by atoms with Crippen LogP contribution in [0, 0.1) is 23.8 Å². The van der Waals surface area contributed by atoms with Gasteiger partial charge in [0.05, 0.1) is 0 Å². The molecular weight excluding hydrogens is 627 g/mol. The second kappa shape index (κ2) is 37.2. The van der Waals surface area contributed by atoms with Gasteiger partial charge in [0, 0.05) is 24.7 Å². The summed E-state index contributed by atoms with van der Waals surface area (Å²) in [6.45, 7) is 2.29. The first-order chi connectivity index (χ1) is 10.4. The van der Waals surface area contributed by atoms with Crippen LogP contribution in [0.15, 0.2) is 48.5 Å². The number of benzene rings is 2. The van der Waals surface area contributed by atoms with Crippen LogP contribution in [0.2, 0.25) is 0 Å². The van der Waals surface area contributed by atoms with Gasteiger partial charge in [-0.1, -0.05) is 0 Å². The van der Waals surface area contributed by atoms with Crippen molar-refractivity contribution in [2.45, 2.75) is 0 Å². The number of hydrogen-bond donors (Lipinski definition) is 0. The molecule has 0 spiro atoms. The molecule has 154 valence electrons. The van der Waals surface area contributed by atoms with Crippen LogP contribution in [0.4, 0.5) is 8.78 Å². The molecule has 0 bridgehead atoms. The summed E-state index contributed by atoms with van der Waals surface area (Å²) in [6.07, 6.45) is 0. The molecule has 11 heteroatoms. The van der Waals surface area contributed by atoms with Gasteiger partial charge in [-0.2, -0.15) is 36.4 Å². The van der Waals surface area contributed by atoms with Crippen molar-refractivity contribution in [1.82, 2.24) is 9.80 Å². The van der Waals surface area contributed by atoms with E-state index in [0.717, 1.165) is 13.1 Å². The van der Waals surface area contributed by atoms with Crippen LogP contribution in [-0.2, 0) is 19.5 Å². The molecule has 0 radical (unpaired) electrons. The van der Waals surface area contributed by atoms with Gasteiger partial charge < -0.3 is 68.6 Å². The SMILES string of the molecule is CN(C)CCN(C)C.Fc1cc[c-]cc1.Fc1cc[c-]cc1.[Br-].[Br-].[Cl-].[Cl-].[Mg+2].[Mg+2].[Zn+2]. The molecule has 2 nitrogen and oxygen atoms in total. The van der Waals surface area contributed by atoms with Gasteiger partial charge in [-0.3, -0.25) is 0 Å². The molecule has 2 aromatic carbocycles. The third-order valence-corrected chi connectivity index (χ3v) is 2.35. The molecule has 2 aromatic rings. The van der Waals surface area contributed by atoms with Crippen molar-refractivity contribution < 1.29 is 87.0 Å². The molecule has 0 aliphatic rings. The Kier molecular flexibility index (Phi) is 67.7. The Morgan fingerprint density at radius 3 is 0.966 bits per heavy atom. The Hall–Kier alpha value is 1.92. The molecule has 0 unspecified atom stereocenters. The van der Waals surface area contributed by atoms with E-state index < -0.39 is 0 Å². The minimum Gasteiger partial charge on any atom is -1.00 e. The Balaban J connectivity index is -0.0000000339. The van der Waals surface area contributed by atoms with Crippen molar-refractivity contribution in [3.8, 4) is 0 Å². The van der Waals surface area contributed by atoms with Crippen LogP contribution in [0.1, 0.15) is 0 Å². The molecule has 0 atom stereocenters. The fourth-order valence-corrected chi connectivity index (χ4v) is 1.13. The van der Waals surface area contributed by atoms with Crippen LogP contribution in [0.25, 0.3) is 0 Å². The summed E-state index contributed by atoms with van der Waals surface area (Å²) in [6, 6.07) is 17.0. The van der Waals surface area contributed by atoms with Gasteiger partial charge >= 0.3 is 65.6 Å². The van der Waals surface area contributed by atoms with Crippen LogP contribution in [0.5, 0.6) is 0 Å². The molecule has 0 saturated carbocycles. The molecular formula is C18H24Br2Cl2F2Mg2N2Zn. The zero-order valence-corrected chi connectivity index (χ0v) is 27.8. The van der Waals surface area contributed by atoms with Crippen molar-refractivity contribution in [3.63, 3.8) is 0 Å². The molecule has 0 N–H and O–H groups in total. The third kappa shape index (κ3) is 44.4. The number of hydrogen-bond acceptors (Lipinski definition) is 2. The summed E-state index contributed by atoms with van der Waals surface area (Å²) in [5.41, 5.74) is 0. The summed E-state index contributed by atoms with van der Waals surface area (Å²) in [5, 5.41) is 0. The van der Waals surface area contributed by atoms with Gasteiger partial charge in [-0.15, -0.1) is 24.3 Å². The van der Waals surface area contributed by atoms with E-state index in [0.29, 0.717) is 0 Å². The maximum atomic E-state index is 11.9. The fraction of sp³-hybridized carbons (Fsp3) is 0.333. The van der Waals surface area contributed by atoms with Crippen LogP contribution >= 0.6 is 0 Å². The fourth-order valence-electron chi connectivity index (χ4n) is 1.13. The smallest absolute Gasteiger partial charge is 1.00 e. The second-order valence-electron chi connectivity index (χ2n) is 5.04. The minimum absolute atomic E-state index is 0. The largest absolute Gasteiger partial charge is 2.00 e. The molecule has 0 aliphatic carbocycles. The van der Waals surface area contributed by atoms with E-state index in [9.17, 15) is 8.78 Å². The first-order valence-corrected chi connectivity index (χ1v) is 6.94.